The van der Waals surface area contributed by atoms with E-state index in [4.69, 9.17) is 14.5 Å². The first-order valence-electron chi connectivity index (χ1n) is 8.23. The molecule has 3 rings (SSSR count). The van der Waals surface area contributed by atoms with Gasteiger partial charge in [0, 0.05) is 49.4 Å². The standard InChI is InChI=1S/C18H24N4O2/c1-12-9-22(10-16(24-12)11-23-4)18-13(2)14(3)20-17(21-18)15-6-5-7-19-8-15/h5-8,12,16H,9-11H2,1-4H3. The van der Waals surface area contributed by atoms with Crippen LogP contribution in [0.25, 0.3) is 11.4 Å². The molecule has 1 aliphatic heterocycles. The average Bonchev–Trinajstić information content (AvgIpc) is 2.58. The Kier molecular flexibility index (Phi) is 5.06. The Labute approximate surface area is 142 Å². The smallest absolute Gasteiger partial charge is 0.163 e. The molecule has 3 heterocycles. The second-order valence-corrected chi connectivity index (χ2v) is 6.25. The van der Waals surface area contributed by atoms with Gasteiger partial charge in [-0.15, -0.1) is 0 Å². The molecule has 1 saturated heterocycles. The third-order valence-electron chi connectivity index (χ3n) is 4.26. The van der Waals surface area contributed by atoms with Gasteiger partial charge < -0.3 is 14.4 Å². The quantitative estimate of drug-likeness (QED) is 0.859. The summed E-state index contributed by atoms with van der Waals surface area (Å²) >= 11 is 0. The van der Waals surface area contributed by atoms with Gasteiger partial charge in [0.15, 0.2) is 5.82 Å². The van der Waals surface area contributed by atoms with E-state index in [0.29, 0.717) is 12.4 Å². The molecule has 0 saturated carbocycles. The number of methoxy groups -OCH3 is 1. The number of aromatic nitrogens is 3. The number of rotatable bonds is 4. The van der Waals surface area contributed by atoms with E-state index in [9.17, 15) is 0 Å². The number of hydrogen-bond acceptors (Lipinski definition) is 6. The molecule has 128 valence electrons. The fourth-order valence-electron chi connectivity index (χ4n) is 3.04. The number of hydrogen-bond donors (Lipinski definition) is 0. The van der Waals surface area contributed by atoms with Crippen LogP contribution >= 0.6 is 0 Å². The minimum Gasteiger partial charge on any atom is -0.382 e. The highest BCUT2D eigenvalue weighted by Crippen LogP contribution is 2.26. The van der Waals surface area contributed by atoms with Crippen LogP contribution in [-0.2, 0) is 9.47 Å². The van der Waals surface area contributed by atoms with Crippen LogP contribution in [0.2, 0.25) is 0 Å². The number of pyridine rings is 1. The molecule has 0 aromatic carbocycles. The van der Waals surface area contributed by atoms with Gasteiger partial charge in [-0.3, -0.25) is 4.98 Å². The molecule has 2 aromatic heterocycles. The van der Waals surface area contributed by atoms with Gasteiger partial charge >= 0.3 is 0 Å². The number of aryl methyl sites for hydroxylation is 1. The van der Waals surface area contributed by atoms with E-state index >= 15 is 0 Å². The van der Waals surface area contributed by atoms with E-state index < -0.39 is 0 Å². The van der Waals surface area contributed by atoms with Gasteiger partial charge in [-0.1, -0.05) is 0 Å². The van der Waals surface area contributed by atoms with Gasteiger partial charge in [0.2, 0.25) is 0 Å². The van der Waals surface area contributed by atoms with Crippen LogP contribution in [-0.4, -0.2) is 54.0 Å². The summed E-state index contributed by atoms with van der Waals surface area (Å²) in [5, 5.41) is 0. The van der Waals surface area contributed by atoms with Gasteiger partial charge in [0.1, 0.15) is 5.82 Å². The highest BCUT2D eigenvalue weighted by molar-refractivity contribution is 5.59. The maximum Gasteiger partial charge on any atom is 0.163 e. The minimum atomic E-state index is 0.0512. The van der Waals surface area contributed by atoms with E-state index in [1.807, 2.05) is 19.1 Å². The number of ether oxygens (including phenoxy) is 2. The van der Waals surface area contributed by atoms with Crippen molar-refractivity contribution < 1.29 is 9.47 Å². The van der Waals surface area contributed by atoms with E-state index in [0.717, 1.165) is 35.7 Å². The first-order valence-corrected chi connectivity index (χ1v) is 8.23. The predicted molar refractivity (Wildman–Crippen MR) is 93.2 cm³/mol. The molecule has 0 aliphatic carbocycles. The molecule has 24 heavy (non-hydrogen) atoms. The third kappa shape index (κ3) is 3.55. The second kappa shape index (κ2) is 7.23. The summed E-state index contributed by atoms with van der Waals surface area (Å²) in [6, 6.07) is 3.88. The van der Waals surface area contributed by atoms with E-state index in [1.54, 1.807) is 19.5 Å². The lowest BCUT2D eigenvalue weighted by Gasteiger charge is -2.38. The molecule has 1 fully saturated rings. The topological polar surface area (TPSA) is 60.4 Å². The molecule has 6 nitrogen and oxygen atoms in total. The average molecular weight is 328 g/mol. The van der Waals surface area contributed by atoms with Gasteiger partial charge in [-0.05, 0) is 32.9 Å². The molecular weight excluding hydrogens is 304 g/mol. The summed E-state index contributed by atoms with van der Waals surface area (Å²) in [5.74, 6) is 1.68. The Morgan fingerprint density at radius 3 is 2.83 bits per heavy atom. The molecular formula is C18H24N4O2. The second-order valence-electron chi connectivity index (χ2n) is 6.25. The van der Waals surface area contributed by atoms with Crippen LogP contribution in [0, 0.1) is 13.8 Å². The van der Waals surface area contributed by atoms with E-state index in [-0.39, 0.29) is 12.2 Å². The largest absolute Gasteiger partial charge is 0.382 e. The van der Waals surface area contributed by atoms with Crippen molar-refractivity contribution in [2.75, 3.05) is 31.7 Å². The minimum absolute atomic E-state index is 0.0512. The normalized spacial score (nSPS) is 21.1. The number of morpholine rings is 1. The lowest BCUT2D eigenvalue weighted by Crippen LogP contribution is -2.49. The Hall–Kier alpha value is -2.05. The lowest BCUT2D eigenvalue weighted by atomic mass is 10.1. The van der Waals surface area contributed by atoms with Gasteiger partial charge in [0.25, 0.3) is 0 Å². The predicted octanol–water partition coefficient (Wildman–Crippen LogP) is 2.40. The first-order chi connectivity index (χ1) is 11.6. The van der Waals surface area contributed by atoms with Gasteiger partial charge in [-0.2, -0.15) is 0 Å². The molecule has 0 radical (unpaired) electrons. The van der Waals surface area contributed by atoms with Crippen molar-refractivity contribution in [1.29, 1.82) is 0 Å². The number of anilines is 1. The Morgan fingerprint density at radius 1 is 1.29 bits per heavy atom. The van der Waals surface area contributed by atoms with Crippen LogP contribution in [0.1, 0.15) is 18.2 Å². The molecule has 0 spiro atoms. The van der Waals surface area contributed by atoms with Crippen LogP contribution in [0.3, 0.4) is 0 Å². The Bertz CT molecular complexity index is 693. The van der Waals surface area contributed by atoms with E-state index in [2.05, 4.69) is 28.7 Å². The molecule has 2 aromatic rings. The lowest BCUT2D eigenvalue weighted by molar-refractivity contribution is -0.0513. The van der Waals surface area contributed by atoms with Gasteiger partial charge in [0.05, 0.1) is 18.8 Å². The molecule has 6 heteroatoms. The fourth-order valence-corrected chi connectivity index (χ4v) is 3.04. The molecule has 0 N–H and O–H groups in total. The van der Waals surface area contributed by atoms with Crippen LogP contribution < -0.4 is 4.90 Å². The van der Waals surface area contributed by atoms with E-state index in [1.165, 1.54) is 0 Å². The van der Waals surface area contributed by atoms with Crippen molar-refractivity contribution in [3.63, 3.8) is 0 Å². The van der Waals surface area contributed by atoms with Crippen LogP contribution in [0.5, 0.6) is 0 Å². The summed E-state index contributed by atoms with van der Waals surface area (Å²) < 4.78 is 11.2. The maximum atomic E-state index is 5.94. The Balaban J connectivity index is 1.96. The summed E-state index contributed by atoms with van der Waals surface area (Å²) in [7, 11) is 1.70. The zero-order valence-corrected chi connectivity index (χ0v) is 14.7. The van der Waals surface area contributed by atoms with Crippen LogP contribution in [0.15, 0.2) is 24.5 Å². The summed E-state index contributed by atoms with van der Waals surface area (Å²) in [6.07, 6.45) is 3.74. The van der Waals surface area contributed by atoms with Crippen molar-refractivity contribution in [2.45, 2.75) is 33.0 Å². The molecule has 2 unspecified atom stereocenters. The molecule has 1 aliphatic rings. The molecule has 0 amide bonds. The van der Waals surface area contributed by atoms with Crippen molar-refractivity contribution in [3.8, 4) is 11.4 Å². The zero-order chi connectivity index (χ0) is 17.1. The van der Waals surface area contributed by atoms with Crippen molar-refractivity contribution in [3.05, 3.63) is 35.8 Å². The summed E-state index contributed by atoms with van der Waals surface area (Å²) in [6.45, 7) is 8.34. The molecule has 0 bridgehead atoms. The first kappa shape index (κ1) is 16.8. The van der Waals surface area contributed by atoms with Crippen molar-refractivity contribution in [1.82, 2.24) is 15.0 Å². The highest BCUT2D eigenvalue weighted by atomic mass is 16.5. The molecule has 2 atom stereocenters. The Morgan fingerprint density at radius 2 is 2.12 bits per heavy atom. The van der Waals surface area contributed by atoms with Gasteiger partial charge in [-0.25, -0.2) is 9.97 Å². The van der Waals surface area contributed by atoms with Crippen molar-refractivity contribution in [2.24, 2.45) is 0 Å². The highest BCUT2D eigenvalue weighted by Gasteiger charge is 2.28. The summed E-state index contributed by atoms with van der Waals surface area (Å²) in [5.41, 5.74) is 3.02. The third-order valence-corrected chi connectivity index (χ3v) is 4.26. The fraction of sp³-hybridized carbons (Fsp3) is 0.500. The van der Waals surface area contributed by atoms with Crippen LogP contribution in [0.4, 0.5) is 5.82 Å². The maximum absolute atomic E-state index is 5.94. The summed E-state index contributed by atoms with van der Waals surface area (Å²) in [4.78, 5) is 15.9. The van der Waals surface area contributed by atoms with Crippen molar-refractivity contribution >= 4 is 5.82 Å². The monoisotopic (exact) mass is 328 g/mol. The number of nitrogens with zero attached hydrogens (tertiary/aromatic N) is 4. The zero-order valence-electron chi connectivity index (χ0n) is 14.7. The SMILES string of the molecule is COCC1CN(c2nc(-c3cccnc3)nc(C)c2C)CC(C)O1.